The third-order valence-corrected chi connectivity index (χ3v) is 3.41. The summed E-state index contributed by atoms with van der Waals surface area (Å²) in [7, 11) is 0. The Bertz CT molecular complexity index is 816. The molecule has 1 N–H and O–H groups in total. The Morgan fingerprint density at radius 2 is 2.19 bits per heavy atom. The average Bonchev–Trinajstić information content (AvgIpc) is 3.01. The van der Waals surface area contributed by atoms with Gasteiger partial charge in [0.05, 0.1) is 11.0 Å². The Hall–Kier alpha value is -2.63. The number of rotatable bonds is 3. The first kappa shape index (κ1) is 13.4. The maximum Gasteiger partial charge on any atom is 0.280 e. The van der Waals surface area contributed by atoms with Crippen molar-refractivity contribution >= 4 is 22.9 Å². The highest BCUT2D eigenvalue weighted by molar-refractivity contribution is 6.03. The van der Waals surface area contributed by atoms with Crippen molar-refractivity contribution in [1.82, 2.24) is 14.5 Å². The molecule has 1 aromatic carbocycles. The van der Waals surface area contributed by atoms with Crippen LogP contribution in [-0.2, 0) is 6.54 Å². The Morgan fingerprint density at radius 1 is 1.38 bits per heavy atom. The summed E-state index contributed by atoms with van der Waals surface area (Å²) in [6.07, 6.45) is 1.26. The molecule has 108 valence electrons. The molecule has 1 amide bonds. The van der Waals surface area contributed by atoms with Gasteiger partial charge in [0, 0.05) is 6.54 Å². The number of anilines is 1. The fourth-order valence-corrected chi connectivity index (χ4v) is 2.34. The molecule has 3 aromatic rings. The van der Waals surface area contributed by atoms with Gasteiger partial charge in [-0.2, -0.15) is 0 Å². The Kier molecular flexibility index (Phi) is 3.21. The number of hydrogen-bond acceptors (Lipinski definition) is 4. The van der Waals surface area contributed by atoms with Crippen LogP contribution >= 0.6 is 0 Å². The predicted molar refractivity (Wildman–Crippen MR) is 79.3 cm³/mol. The lowest BCUT2D eigenvalue weighted by atomic mass is 10.2. The molecule has 0 bridgehead atoms. The normalized spacial score (nSPS) is 11.0. The zero-order valence-electron chi connectivity index (χ0n) is 12.2. The number of carbonyl (C=O) groups is 1. The summed E-state index contributed by atoms with van der Waals surface area (Å²) in [5.41, 5.74) is 3.27. The van der Waals surface area contributed by atoms with Crippen LogP contribution in [0.25, 0.3) is 11.0 Å². The smallest absolute Gasteiger partial charge is 0.280 e. The summed E-state index contributed by atoms with van der Waals surface area (Å²) in [6, 6.07) is 6.04. The highest BCUT2D eigenvalue weighted by atomic mass is 16.3. The molecular weight excluding hydrogens is 268 g/mol. The lowest BCUT2D eigenvalue weighted by Gasteiger charge is -2.06. The van der Waals surface area contributed by atoms with Crippen molar-refractivity contribution in [2.75, 3.05) is 5.32 Å². The van der Waals surface area contributed by atoms with Crippen LogP contribution in [0.5, 0.6) is 0 Å². The quantitative estimate of drug-likeness (QED) is 0.802. The van der Waals surface area contributed by atoms with Gasteiger partial charge in [0.25, 0.3) is 5.91 Å². The fourth-order valence-electron chi connectivity index (χ4n) is 2.34. The Balaban J connectivity index is 2.00. The first-order valence-electron chi connectivity index (χ1n) is 6.78. The molecule has 2 heterocycles. The van der Waals surface area contributed by atoms with Crippen molar-refractivity contribution in [1.29, 1.82) is 0 Å². The molecule has 0 saturated carbocycles. The van der Waals surface area contributed by atoms with Gasteiger partial charge in [0.15, 0.2) is 12.1 Å². The van der Waals surface area contributed by atoms with E-state index in [0.717, 1.165) is 16.6 Å². The largest absolute Gasteiger partial charge is 0.448 e. The summed E-state index contributed by atoms with van der Waals surface area (Å²) >= 11 is 0. The maximum atomic E-state index is 12.2. The van der Waals surface area contributed by atoms with Crippen LogP contribution < -0.4 is 5.32 Å². The molecule has 6 heteroatoms. The first-order chi connectivity index (χ1) is 10.1. The summed E-state index contributed by atoms with van der Waals surface area (Å²) in [5.74, 6) is 0.691. The van der Waals surface area contributed by atoms with Gasteiger partial charge < -0.3 is 8.98 Å². The maximum absolute atomic E-state index is 12.2. The zero-order valence-corrected chi connectivity index (χ0v) is 12.2. The second-order valence-electron chi connectivity index (χ2n) is 4.88. The SMILES string of the molecule is CCn1c(NC(=O)c2ncoc2C)nc2cc(C)ccc21. The van der Waals surface area contributed by atoms with E-state index in [1.54, 1.807) is 6.92 Å². The second kappa shape index (κ2) is 5.05. The fraction of sp³-hybridized carbons (Fsp3) is 0.267. The molecule has 0 aliphatic heterocycles. The first-order valence-corrected chi connectivity index (χ1v) is 6.78. The molecule has 0 unspecified atom stereocenters. The number of fused-ring (bicyclic) bond motifs is 1. The van der Waals surface area contributed by atoms with E-state index in [-0.39, 0.29) is 11.6 Å². The number of nitrogens with zero attached hydrogens (tertiary/aromatic N) is 3. The number of aryl methyl sites for hydroxylation is 3. The summed E-state index contributed by atoms with van der Waals surface area (Å²) in [5, 5.41) is 2.80. The summed E-state index contributed by atoms with van der Waals surface area (Å²) < 4.78 is 7.02. The lowest BCUT2D eigenvalue weighted by molar-refractivity contribution is 0.102. The summed E-state index contributed by atoms with van der Waals surface area (Å²) in [6.45, 7) is 6.44. The van der Waals surface area contributed by atoms with Gasteiger partial charge in [-0.25, -0.2) is 9.97 Å². The van der Waals surface area contributed by atoms with Crippen molar-refractivity contribution in [3.63, 3.8) is 0 Å². The molecule has 0 spiro atoms. The molecule has 0 aliphatic rings. The van der Waals surface area contributed by atoms with Crippen molar-refractivity contribution in [2.24, 2.45) is 0 Å². The molecule has 0 aliphatic carbocycles. The number of hydrogen-bond donors (Lipinski definition) is 1. The molecule has 0 atom stereocenters. The highest BCUT2D eigenvalue weighted by Gasteiger charge is 2.17. The van der Waals surface area contributed by atoms with Crippen molar-refractivity contribution < 1.29 is 9.21 Å². The average molecular weight is 284 g/mol. The third-order valence-electron chi connectivity index (χ3n) is 3.41. The standard InChI is InChI=1S/C15H16N4O2/c1-4-19-12-6-5-9(2)7-11(12)17-15(19)18-14(20)13-10(3)21-8-16-13/h5-8H,4H2,1-3H3,(H,17,18,20). The van der Waals surface area contributed by atoms with E-state index in [1.165, 1.54) is 6.39 Å². The van der Waals surface area contributed by atoms with E-state index in [9.17, 15) is 4.79 Å². The number of imidazole rings is 1. The number of nitrogens with one attached hydrogen (secondary N) is 1. The number of amides is 1. The van der Waals surface area contributed by atoms with Gasteiger partial charge in [0.1, 0.15) is 5.76 Å². The molecule has 2 aromatic heterocycles. The van der Waals surface area contributed by atoms with E-state index >= 15 is 0 Å². The van der Waals surface area contributed by atoms with Crippen LogP contribution in [0.1, 0.15) is 28.7 Å². The van der Waals surface area contributed by atoms with E-state index in [2.05, 4.69) is 15.3 Å². The zero-order chi connectivity index (χ0) is 15.0. The summed E-state index contributed by atoms with van der Waals surface area (Å²) in [4.78, 5) is 20.6. The number of oxazole rings is 1. The van der Waals surface area contributed by atoms with Crippen LogP contribution in [0.2, 0.25) is 0 Å². The van der Waals surface area contributed by atoms with Gasteiger partial charge in [-0.1, -0.05) is 6.07 Å². The number of aromatic nitrogens is 3. The minimum atomic E-state index is -0.317. The minimum absolute atomic E-state index is 0.279. The molecule has 0 fully saturated rings. The van der Waals surface area contributed by atoms with E-state index < -0.39 is 0 Å². The Morgan fingerprint density at radius 3 is 2.86 bits per heavy atom. The Labute approximate surface area is 121 Å². The van der Waals surface area contributed by atoms with E-state index in [1.807, 2.05) is 36.6 Å². The highest BCUT2D eigenvalue weighted by Crippen LogP contribution is 2.21. The van der Waals surface area contributed by atoms with Gasteiger partial charge in [-0.3, -0.25) is 10.1 Å². The number of benzene rings is 1. The van der Waals surface area contributed by atoms with Gasteiger partial charge in [0.2, 0.25) is 5.95 Å². The van der Waals surface area contributed by atoms with E-state index in [4.69, 9.17) is 4.42 Å². The van der Waals surface area contributed by atoms with Crippen LogP contribution in [0.4, 0.5) is 5.95 Å². The van der Waals surface area contributed by atoms with Gasteiger partial charge in [-0.05, 0) is 38.5 Å². The van der Waals surface area contributed by atoms with Crippen LogP contribution in [0.15, 0.2) is 29.0 Å². The minimum Gasteiger partial charge on any atom is -0.448 e. The van der Waals surface area contributed by atoms with Crippen LogP contribution in [0, 0.1) is 13.8 Å². The lowest BCUT2D eigenvalue weighted by Crippen LogP contribution is -2.17. The molecule has 21 heavy (non-hydrogen) atoms. The van der Waals surface area contributed by atoms with Crippen LogP contribution in [0.3, 0.4) is 0 Å². The van der Waals surface area contributed by atoms with Gasteiger partial charge in [-0.15, -0.1) is 0 Å². The third kappa shape index (κ3) is 2.29. The van der Waals surface area contributed by atoms with Crippen molar-refractivity contribution in [3.8, 4) is 0 Å². The van der Waals surface area contributed by atoms with Crippen molar-refractivity contribution in [3.05, 3.63) is 41.6 Å². The molecular formula is C15H16N4O2. The van der Waals surface area contributed by atoms with Gasteiger partial charge >= 0.3 is 0 Å². The molecule has 0 saturated heterocycles. The monoisotopic (exact) mass is 284 g/mol. The number of carbonyl (C=O) groups excluding carboxylic acids is 1. The molecule has 3 rings (SSSR count). The molecule has 6 nitrogen and oxygen atoms in total. The van der Waals surface area contributed by atoms with E-state index in [0.29, 0.717) is 18.3 Å². The predicted octanol–water partition coefficient (Wildman–Crippen LogP) is 2.91. The molecule has 0 radical (unpaired) electrons. The van der Waals surface area contributed by atoms with Crippen LogP contribution in [-0.4, -0.2) is 20.4 Å². The topological polar surface area (TPSA) is 73.0 Å². The van der Waals surface area contributed by atoms with Crippen molar-refractivity contribution in [2.45, 2.75) is 27.3 Å². The second-order valence-corrected chi connectivity index (χ2v) is 4.88.